The first-order valence-corrected chi connectivity index (χ1v) is 11.6. The summed E-state index contributed by atoms with van der Waals surface area (Å²) in [6, 6.07) is 35.6. The predicted molar refractivity (Wildman–Crippen MR) is 142 cm³/mol. The largest absolute Gasteiger partial charge is 0.455 e. The van der Waals surface area contributed by atoms with Gasteiger partial charge >= 0.3 is 0 Å². The van der Waals surface area contributed by atoms with E-state index in [0.29, 0.717) is 0 Å². The van der Waals surface area contributed by atoms with Gasteiger partial charge < -0.3 is 4.42 Å². The molecule has 0 aliphatic rings. The van der Waals surface area contributed by atoms with Gasteiger partial charge in [-0.15, -0.1) is 0 Å². The summed E-state index contributed by atoms with van der Waals surface area (Å²) in [5.41, 5.74) is 9.06. The molecule has 0 amide bonds. The highest BCUT2D eigenvalue weighted by Gasteiger charge is 2.14. The second-order valence-corrected chi connectivity index (χ2v) is 8.87. The van der Waals surface area contributed by atoms with E-state index < -0.39 is 5.89 Å². The third kappa shape index (κ3) is 3.58. The van der Waals surface area contributed by atoms with Gasteiger partial charge in [0.2, 0.25) is 0 Å². The van der Waals surface area contributed by atoms with Crippen molar-refractivity contribution in [1.29, 1.82) is 0 Å². The van der Waals surface area contributed by atoms with E-state index >= 15 is 0 Å². The number of hydrogen-bond acceptors (Lipinski definition) is 2. The van der Waals surface area contributed by atoms with Crippen LogP contribution in [0.1, 0.15) is 26.7 Å². The topological polar surface area (TPSA) is 26.0 Å². The van der Waals surface area contributed by atoms with Crippen LogP contribution in [0.4, 0.5) is 0 Å². The van der Waals surface area contributed by atoms with Gasteiger partial charge in [0.1, 0.15) is 11.2 Å². The number of pyridine rings is 1. The fourth-order valence-corrected chi connectivity index (χ4v) is 4.55. The summed E-state index contributed by atoms with van der Waals surface area (Å²) >= 11 is 0. The molecule has 0 fully saturated rings. The molecule has 0 N–H and O–H groups in total. The zero-order chi connectivity index (χ0) is 24.0. The van der Waals surface area contributed by atoms with E-state index in [4.69, 9.17) is 5.79 Å². The van der Waals surface area contributed by atoms with Crippen molar-refractivity contribution in [3.63, 3.8) is 0 Å². The summed E-state index contributed by atoms with van der Waals surface area (Å²) in [5, 5.41) is 2.16. The average Bonchev–Trinajstić information content (AvgIpc) is 3.27. The summed E-state index contributed by atoms with van der Waals surface area (Å²) in [7, 11) is 0. The molecule has 4 aromatic carbocycles. The molecule has 164 valence electrons. The SMILES string of the molecule is [2H]C(C)(C)c1ccnc(-c2cccc3c2oc2cc(-c4ccc(-c5ccccc5)cc4)ccc23)c1. The fourth-order valence-electron chi connectivity index (χ4n) is 4.55. The van der Waals surface area contributed by atoms with E-state index in [0.717, 1.165) is 49.9 Å². The maximum atomic E-state index is 8.40. The van der Waals surface area contributed by atoms with Gasteiger partial charge in [0, 0.05) is 23.9 Å². The van der Waals surface area contributed by atoms with Crippen LogP contribution in [0.5, 0.6) is 0 Å². The molecule has 0 bridgehead atoms. The molecule has 0 atom stereocenters. The van der Waals surface area contributed by atoms with E-state index in [1.54, 1.807) is 6.20 Å². The maximum Gasteiger partial charge on any atom is 0.144 e. The van der Waals surface area contributed by atoms with Crippen LogP contribution >= 0.6 is 0 Å². The molecule has 6 rings (SSSR count). The van der Waals surface area contributed by atoms with E-state index in [-0.39, 0.29) is 0 Å². The first-order valence-electron chi connectivity index (χ1n) is 12.1. The average molecular weight is 441 g/mol. The maximum absolute atomic E-state index is 8.40. The second-order valence-electron chi connectivity index (χ2n) is 8.87. The number of fused-ring (bicyclic) bond motifs is 3. The third-order valence-corrected chi connectivity index (χ3v) is 6.44. The number of furan rings is 1. The Morgan fingerprint density at radius 1 is 0.676 bits per heavy atom. The van der Waals surface area contributed by atoms with Crippen LogP contribution in [0.25, 0.3) is 55.4 Å². The van der Waals surface area contributed by atoms with Gasteiger partial charge in [-0.25, -0.2) is 0 Å². The van der Waals surface area contributed by atoms with Gasteiger partial charge in [0.15, 0.2) is 0 Å². The number of hydrogen-bond donors (Lipinski definition) is 0. The van der Waals surface area contributed by atoms with Crippen molar-refractivity contribution in [3.8, 4) is 33.5 Å². The molecular formula is C32H25NO. The molecule has 0 spiro atoms. The molecule has 0 aliphatic heterocycles. The summed E-state index contributed by atoms with van der Waals surface area (Å²) in [6.07, 6.45) is 1.78. The highest BCUT2D eigenvalue weighted by atomic mass is 16.3. The summed E-state index contributed by atoms with van der Waals surface area (Å²) < 4.78 is 14.8. The number of para-hydroxylation sites is 1. The van der Waals surface area contributed by atoms with Crippen molar-refractivity contribution in [3.05, 3.63) is 115 Å². The van der Waals surface area contributed by atoms with Crippen LogP contribution in [0, 0.1) is 0 Å². The summed E-state index contributed by atoms with van der Waals surface area (Å²) in [5.74, 6) is -0.690. The van der Waals surface area contributed by atoms with Crippen molar-refractivity contribution in [1.82, 2.24) is 4.98 Å². The normalized spacial score (nSPS) is 12.2. The van der Waals surface area contributed by atoms with E-state index in [1.807, 2.05) is 44.2 Å². The van der Waals surface area contributed by atoms with Crippen molar-refractivity contribution in [2.24, 2.45) is 0 Å². The van der Waals surface area contributed by atoms with E-state index in [2.05, 4.69) is 77.8 Å². The predicted octanol–water partition coefficient (Wildman–Crippen LogP) is 9.11. The highest BCUT2D eigenvalue weighted by molar-refractivity contribution is 6.10. The Hall–Kier alpha value is -4.17. The smallest absolute Gasteiger partial charge is 0.144 e. The molecule has 2 heterocycles. The number of benzene rings is 4. The lowest BCUT2D eigenvalue weighted by molar-refractivity contribution is 0.670. The van der Waals surface area contributed by atoms with Crippen molar-refractivity contribution < 1.29 is 5.79 Å². The quantitative estimate of drug-likeness (QED) is 0.273. The highest BCUT2D eigenvalue weighted by Crippen LogP contribution is 2.37. The number of nitrogens with zero attached hydrogens (tertiary/aromatic N) is 1. The molecule has 0 radical (unpaired) electrons. The minimum absolute atomic E-state index is 0.690. The Kier molecular flexibility index (Phi) is 4.72. The monoisotopic (exact) mass is 440 g/mol. The molecule has 2 heteroatoms. The molecule has 6 aromatic rings. The Morgan fingerprint density at radius 2 is 1.38 bits per heavy atom. The number of rotatable bonds is 4. The van der Waals surface area contributed by atoms with Gasteiger partial charge in [-0.2, -0.15) is 0 Å². The first-order chi connectivity index (χ1) is 17.0. The number of aromatic nitrogens is 1. The Morgan fingerprint density at radius 3 is 2.15 bits per heavy atom. The van der Waals surface area contributed by atoms with Crippen LogP contribution in [0.3, 0.4) is 0 Å². The zero-order valence-corrected chi connectivity index (χ0v) is 19.2. The molecule has 34 heavy (non-hydrogen) atoms. The minimum Gasteiger partial charge on any atom is -0.455 e. The third-order valence-electron chi connectivity index (χ3n) is 6.44. The standard InChI is InChI=1S/C32H25NO/c1-21(2)25-17-18-33-30(19-25)29-10-6-9-28-27-16-15-26(20-31(27)34-32(28)29)24-13-11-23(12-14-24)22-7-4-3-5-8-22/h3-21H,1-2H3/i21D. The van der Waals surface area contributed by atoms with Crippen LogP contribution in [0.2, 0.25) is 0 Å². The Balaban J connectivity index is 1.42. The van der Waals surface area contributed by atoms with Crippen LogP contribution in [0.15, 0.2) is 114 Å². The van der Waals surface area contributed by atoms with Gasteiger partial charge in [-0.1, -0.05) is 86.6 Å². The lowest BCUT2D eigenvalue weighted by Gasteiger charge is -2.07. The van der Waals surface area contributed by atoms with E-state index in [9.17, 15) is 0 Å². The van der Waals surface area contributed by atoms with Gasteiger partial charge in [-0.05, 0) is 64.0 Å². The van der Waals surface area contributed by atoms with E-state index in [1.165, 1.54) is 11.1 Å². The lowest BCUT2D eigenvalue weighted by Crippen LogP contribution is -1.90. The Bertz CT molecular complexity index is 1660. The summed E-state index contributed by atoms with van der Waals surface area (Å²) in [6.45, 7) is 3.78. The first kappa shape index (κ1) is 19.3. The molecule has 0 unspecified atom stereocenters. The van der Waals surface area contributed by atoms with Crippen LogP contribution in [-0.4, -0.2) is 4.98 Å². The van der Waals surface area contributed by atoms with Gasteiger partial charge in [-0.3, -0.25) is 4.98 Å². The Labute approximate surface area is 200 Å². The van der Waals surface area contributed by atoms with Crippen molar-refractivity contribution >= 4 is 21.9 Å². The van der Waals surface area contributed by atoms with Crippen LogP contribution < -0.4 is 0 Å². The summed E-state index contributed by atoms with van der Waals surface area (Å²) in [4.78, 5) is 4.60. The minimum atomic E-state index is -0.690. The second kappa shape index (κ2) is 8.31. The molecule has 2 nitrogen and oxygen atoms in total. The van der Waals surface area contributed by atoms with Gasteiger partial charge in [0.25, 0.3) is 0 Å². The fraction of sp³-hybridized carbons (Fsp3) is 0.0938. The van der Waals surface area contributed by atoms with Gasteiger partial charge in [0.05, 0.1) is 5.69 Å². The van der Waals surface area contributed by atoms with Crippen molar-refractivity contribution in [2.75, 3.05) is 0 Å². The molecule has 0 saturated carbocycles. The molecular weight excluding hydrogens is 414 g/mol. The molecule has 0 aliphatic carbocycles. The zero-order valence-electron chi connectivity index (χ0n) is 20.2. The lowest BCUT2D eigenvalue weighted by atomic mass is 9.99. The van der Waals surface area contributed by atoms with Crippen LogP contribution in [-0.2, 0) is 0 Å². The molecule has 0 saturated heterocycles. The van der Waals surface area contributed by atoms with Crippen molar-refractivity contribution in [2.45, 2.75) is 19.7 Å². The molecule has 2 aromatic heterocycles.